The Bertz CT molecular complexity index is 1430. The summed E-state index contributed by atoms with van der Waals surface area (Å²) in [4.78, 5) is 20.8. The van der Waals surface area contributed by atoms with Gasteiger partial charge in [0.25, 0.3) is 0 Å². The van der Waals surface area contributed by atoms with E-state index in [0.29, 0.717) is 28.2 Å². The molecule has 0 atom stereocenters. The number of anilines is 1. The van der Waals surface area contributed by atoms with Crippen molar-refractivity contribution in [2.24, 2.45) is 0 Å². The number of halogens is 4. The molecule has 2 aromatic carbocycles. The van der Waals surface area contributed by atoms with Gasteiger partial charge in [-0.1, -0.05) is 29.8 Å². The van der Waals surface area contributed by atoms with E-state index in [1.54, 1.807) is 24.4 Å². The largest absolute Gasteiger partial charge is 0.493 e. The van der Waals surface area contributed by atoms with Crippen LogP contribution in [0, 0.1) is 0 Å². The third-order valence-electron chi connectivity index (χ3n) is 5.12. The normalized spacial score (nSPS) is 11.3. The van der Waals surface area contributed by atoms with Gasteiger partial charge in [0.15, 0.2) is 11.5 Å². The van der Waals surface area contributed by atoms with Crippen LogP contribution in [0.4, 0.5) is 18.9 Å². The summed E-state index contributed by atoms with van der Waals surface area (Å²) in [6.07, 6.45) is -1.86. The van der Waals surface area contributed by atoms with Crippen molar-refractivity contribution in [1.82, 2.24) is 9.97 Å². The zero-order chi connectivity index (χ0) is 25.9. The van der Waals surface area contributed by atoms with Gasteiger partial charge in [0.1, 0.15) is 10.8 Å². The van der Waals surface area contributed by atoms with Crippen LogP contribution in [0.25, 0.3) is 10.9 Å². The predicted molar refractivity (Wildman–Crippen MR) is 128 cm³/mol. The fourth-order valence-corrected chi connectivity index (χ4v) is 3.66. The number of benzene rings is 2. The number of amides is 1. The minimum atomic E-state index is -4.49. The van der Waals surface area contributed by atoms with Crippen LogP contribution in [-0.2, 0) is 17.4 Å². The number of hydrogen-bond acceptors (Lipinski definition) is 6. The van der Waals surface area contributed by atoms with Gasteiger partial charge in [-0.2, -0.15) is 13.2 Å². The second kappa shape index (κ2) is 10.3. The van der Waals surface area contributed by atoms with Crippen molar-refractivity contribution >= 4 is 34.1 Å². The second-order valence-corrected chi connectivity index (χ2v) is 7.98. The Morgan fingerprint density at radius 3 is 2.44 bits per heavy atom. The monoisotopic (exact) mass is 517 g/mol. The molecule has 0 aliphatic rings. The van der Waals surface area contributed by atoms with Crippen LogP contribution >= 0.6 is 11.6 Å². The lowest BCUT2D eigenvalue weighted by Crippen LogP contribution is -2.15. The van der Waals surface area contributed by atoms with Gasteiger partial charge in [-0.05, 0) is 29.8 Å². The standard InChI is InChI=1S/C25H19ClF3N3O4/c1-34-21-11-17-19(12-22(21)35-2)30-7-6-20(17)36-24-18(26)10-16(13-31-24)32-23(33)9-14-4-3-5-15(8-14)25(27,28)29/h3-8,10-13H,9H2,1-2H3,(H,32,33). The molecular formula is C25H19ClF3N3O4. The maximum absolute atomic E-state index is 12.9. The fourth-order valence-electron chi connectivity index (χ4n) is 3.46. The second-order valence-electron chi connectivity index (χ2n) is 7.57. The van der Waals surface area contributed by atoms with E-state index >= 15 is 0 Å². The van der Waals surface area contributed by atoms with Gasteiger partial charge in [-0.3, -0.25) is 9.78 Å². The first-order valence-electron chi connectivity index (χ1n) is 10.5. The van der Waals surface area contributed by atoms with Gasteiger partial charge in [-0.15, -0.1) is 0 Å². The number of pyridine rings is 2. The van der Waals surface area contributed by atoms with Crippen molar-refractivity contribution in [3.63, 3.8) is 0 Å². The molecule has 11 heteroatoms. The summed E-state index contributed by atoms with van der Waals surface area (Å²) in [5.74, 6) is 0.963. The van der Waals surface area contributed by atoms with Crippen molar-refractivity contribution in [3.05, 3.63) is 77.1 Å². The Kier molecular flexibility index (Phi) is 7.16. The highest BCUT2D eigenvalue weighted by Crippen LogP contribution is 2.38. The van der Waals surface area contributed by atoms with Crippen molar-refractivity contribution in [2.75, 3.05) is 19.5 Å². The lowest BCUT2D eigenvalue weighted by Gasteiger charge is -2.13. The molecular weight excluding hydrogens is 499 g/mol. The first kappa shape index (κ1) is 25.1. The van der Waals surface area contributed by atoms with Crippen LogP contribution in [-0.4, -0.2) is 30.1 Å². The minimum Gasteiger partial charge on any atom is -0.493 e. The number of methoxy groups -OCH3 is 2. The van der Waals surface area contributed by atoms with E-state index in [4.69, 9.17) is 25.8 Å². The van der Waals surface area contributed by atoms with E-state index in [0.717, 1.165) is 12.1 Å². The van der Waals surface area contributed by atoms with Gasteiger partial charge in [0.05, 0.1) is 43.6 Å². The molecule has 0 fully saturated rings. The average molecular weight is 518 g/mol. The Balaban J connectivity index is 1.50. The lowest BCUT2D eigenvalue weighted by molar-refractivity contribution is -0.137. The zero-order valence-electron chi connectivity index (χ0n) is 19.0. The van der Waals surface area contributed by atoms with E-state index in [-0.39, 0.29) is 28.6 Å². The number of ether oxygens (including phenoxy) is 3. The van der Waals surface area contributed by atoms with Gasteiger partial charge < -0.3 is 19.5 Å². The summed E-state index contributed by atoms with van der Waals surface area (Å²) in [5, 5.41) is 3.31. The van der Waals surface area contributed by atoms with E-state index in [9.17, 15) is 18.0 Å². The third kappa shape index (κ3) is 5.60. The van der Waals surface area contributed by atoms with Crippen LogP contribution in [0.2, 0.25) is 5.02 Å². The summed E-state index contributed by atoms with van der Waals surface area (Å²) in [7, 11) is 3.03. The number of aromatic nitrogens is 2. The highest BCUT2D eigenvalue weighted by atomic mass is 35.5. The molecule has 36 heavy (non-hydrogen) atoms. The SMILES string of the molecule is COc1cc2nccc(Oc3ncc(NC(=O)Cc4cccc(C(F)(F)F)c4)cc3Cl)c2cc1OC. The molecule has 4 aromatic rings. The molecule has 0 spiro atoms. The first-order chi connectivity index (χ1) is 17.2. The predicted octanol–water partition coefficient (Wildman–Crippen LogP) is 6.29. The number of hydrogen-bond donors (Lipinski definition) is 1. The summed E-state index contributed by atoms with van der Waals surface area (Å²) < 4.78 is 55.2. The van der Waals surface area contributed by atoms with E-state index in [1.165, 1.54) is 38.6 Å². The summed E-state index contributed by atoms with van der Waals surface area (Å²) in [6.45, 7) is 0. The average Bonchev–Trinajstić information content (AvgIpc) is 2.84. The molecule has 0 aliphatic heterocycles. The van der Waals surface area contributed by atoms with Crippen molar-refractivity contribution < 1.29 is 32.2 Å². The van der Waals surface area contributed by atoms with E-state index in [1.807, 2.05) is 0 Å². The van der Waals surface area contributed by atoms with Crippen molar-refractivity contribution in [1.29, 1.82) is 0 Å². The molecule has 186 valence electrons. The molecule has 1 amide bonds. The molecule has 0 saturated carbocycles. The number of alkyl halides is 3. The molecule has 0 radical (unpaired) electrons. The molecule has 4 rings (SSSR count). The minimum absolute atomic E-state index is 0.0785. The Hall–Kier alpha value is -4.05. The molecule has 0 bridgehead atoms. The van der Waals surface area contributed by atoms with Crippen LogP contribution < -0.4 is 19.5 Å². The Morgan fingerprint density at radius 1 is 1.00 bits per heavy atom. The van der Waals surface area contributed by atoms with Crippen LogP contribution in [0.3, 0.4) is 0 Å². The molecule has 2 aromatic heterocycles. The van der Waals surface area contributed by atoms with Gasteiger partial charge in [0.2, 0.25) is 11.8 Å². The molecule has 2 heterocycles. The Labute approximate surface area is 208 Å². The highest BCUT2D eigenvalue weighted by molar-refractivity contribution is 6.32. The van der Waals surface area contributed by atoms with E-state index < -0.39 is 17.6 Å². The third-order valence-corrected chi connectivity index (χ3v) is 5.39. The van der Waals surface area contributed by atoms with Gasteiger partial charge in [0, 0.05) is 17.6 Å². The fraction of sp³-hybridized carbons (Fsp3) is 0.160. The van der Waals surface area contributed by atoms with Crippen LogP contribution in [0.5, 0.6) is 23.1 Å². The molecule has 1 N–H and O–H groups in total. The summed E-state index contributed by atoms with van der Waals surface area (Å²) in [5.41, 5.74) is 0.256. The van der Waals surface area contributed by atoms with E-state index in [2.05, 4.69) is 15.3 Å². The van der Waals surface area contributed by atoms with Crippen molar-refractivity contribution in [2.45, 2.75) is 12.6 Å². The summed E-state index contributed by atoms with van der Waals surface area (Å²) >= 11 is 6.33. The van der Waals surface area contributed by atoms with Crippen LogP contribution in [0.1, 0.15) is 11.1 Å². The zero-order valence-corrected chi connectivity index (χ0v) is 19.8. The smallest absolute Gasteiger partial charge is 0.416 e. The number of rotatable bonds is 7. The number of carbonyl (C=O) groups is 1. The highest BCUT2D eigenvalue weighted by Gasteiger charge is 2.30. The van der Waals surface area contributed by atoms with Gasteiger partial charge >= 0.3 is 6.18 Å². The molecule has 0 saturated heterocycles. The van der Waals surface area contributed by atoms with Crippen molar-refractivity contribution in [3.8, 4) is 23.1 Å². The van der Waals surface area contributed by atoms with Crippen LogP contribution in [0.15, 0.2) is 60.9 Å². The topological polar surface area (TPSA) is 82.6 Å². The maximum Gasteiger partial charge on any atom is 0.416 e. The Morgan fingerprint density at radius 2 is 1.75 bits per heavy atom. The number of fused-ring (bicyclic) bond motifs is 1. The number of nitrogens with zero attached hydrogens (tertiary/aromatic N) is 2. The molecule has 0 unspecified atom stereocenters. The first-order valence-corrected chi connectivity index (χ1v) is 10.9. The lowest BCUT2D eigenvalue weighted by atomic mass is 10.1. The molecule has 0 aliphatic carbocycles. The molecule has 7 nitrogen and oxygen atoms in total. The number of carbonyl (C=O) groups excluding carboxylic acids is 1. The maximum atomic E-state index is 12.9. The summed E-state index contributed by atoms with van der Waals surface area (Å²) in [6, 6.07) is 11.1. The van der Waals surface area contributed by atoms with Gasteiger partial charge in [-0.25, -0.2) is 4.98 Å². The number of nitrogens with one attached hydrogen (secondary N) is 1. The quantitative estimate of drug-likeness (QED) is 0.310.